The Hall–Kier alpha value is -4.90. The number of anilines is 1. The first kappa shape index (κ1) is 38.8. The second-order valence-corrected chi connectivity index (χ2v) is 15.2. The number of nitrogens with one attached hydrogen (secondary N) is 2. The minimum absolute atomic E-state index is 0.0179. The number of ether oxygens (including phenoxy) is 1. The quantitative estimate of drug-likeness (QED) is 0.193. The van der Waals surface area contributed by atoms with E-state index in [2.05, 4.69) is 37.4 Å². The SMILES string of the molecule is CN=C/C(=C\N)c1nc(NC2CCN(S(=O)(=O)N3CCC(OCC#Cc4ccc5c(c4)CN(C4CCC(=O)NC4=O)C5=O)CC3)CC2)ncc1C(F)(F)F. The van der Waals surface area contributed by atoms with E-state index in [9.17, 15) is 36.0 Å². The number of benzene rings is 1. The molecule has 1 atom stereocenters. The molecule has 6 rings (SSSR count). The monoisotopic (exact) mass is 771 g/mol. The van der Waals surface area contributed by atoms with Crippen molar-refractivity contribution in [3.05, 3.63) is 58.5 Å². The average molecular weight is 772 g/mol. The summed E-state index contributed by atoms with van der Waals surface area (Å²) in [6, 6.07) is 4.28. The molecule has 0 bridgehead atoms. The molecule has 5 heterocycles. The largest absolute Gasteiger partial charge is 0.419 e. The van der Waals surface area contributed by atoms with Gasteiger partial charge in [0.2, 0.25) is 17.8 Å². The number of hydrogen-bond donors (Lipinski definition) is 3. The van der Waals surface area contributed by atoms with Crippen molar-refractivity contribution in [1.82, 2.24) is 28.8 Å². The molecule has 2 aromatic rings. The van der Waals surface area contributed by atoms with E-state index in [1.807, 2.05) is 6.07 Å². The fourth-order valence-electron chi connectivity index (χ4n) is 6.96. The Morgan fingerprint density at radius 2 is 1.81 bits per heavy atom. The third-order valence-electron chi connectivity index (χ3n) is 9.80. The molecule has 1 aromatic carbocycles. The van der Waals surface area contributed by atoms with Gasteiger partial charge in [0.05, 0.1) is 11.8 Å². The zero-order valence-electron chi connectivity index (χ0n) is 29.4. The maximum Gasteiger partial charge on any atom is 0.419 e. The molecule has 4 N–H and O–H groups in total. The maximum absolute atomic E-state index is 13.6. The smallest absolute Gasteiger partial charge is 0.404 e. The number of aromatic nitrogens is 2. The molecule has 0 radical (unpaired) electrons. The summed E-state index contributed by atoms with van der Waals surface area (Å²) >= 11 is 0. The molecule has 0 saturated carbocycles. The number of imide groups is 1. The molecule has 3 fully saturated rings. The summed E-state index contributed by atoms with van der Waals surface area (Å²) in [5, 5.41) is 5.33. The van der Waals surface area contributed by atoms with Crippen molar-refractivity contribution in [2.24, 2.45) is 10.7 Å². The molecule has 0 spiro atoms. The molecule has 288 valence electrons. The van der Waals surface area contributed by atoms with Gasteiger partial charge in [0, 0.05) is 87.5 Å². The van der Waals surface area contributed by atoms with Gasteiger partial charge in [-0.15, -0.1) is 0 Å². The van der Waals surface area contributed by atoms with E-state index < -0.39 is 39.6 Å². The first-order valence-corrected chi connectivity index (χ1v) is 18.9. The number of nitrogens with zero attached hydrogens (tertiary/aromatic N) is 6. The first-order valence-electron chi connectivity index (χ1n) is 17.5. The van der Waals surface area contributed by atoms with E-state index in [-0.39, 0.29) is 87.7 Å². The van der Waals surface area contributed by atoms with Crippen LogP contribution < -0.4 is 16.4 Å². The number of rotatable bonds is 9. The van der Waals surface area contributed by atoms with E-state index >= 15 is 0 Å². The van der Waals surface area contributed by atoms with Crippen LogP contribution in [0.2, 0.25) is 0 Å². The number of piperidine rings is 3. The number of halogens is 3. The Balaban J connectivity index is 0.955. The normalized spacial score (nSPS) is 21.3. The standard InChI is InChI=1S/C35H40F3N9O6S/c1-40-19-24(18-39)31-28(35(36,37)38)20-41-34(44-31)42-25-8-12-45(13-9-25)54(51,52)46-14-10-26(11-15-46)53-16-2-3-22-4-5-27-23(17-22)21-47(33(27)50)29-6-7-30(48)43-32(29)49/h4-5,17-20,25-26,29H,6-16,21,39H2,1H3,(H,41,42,44)(H,43,48,49)/b24-18+,40-19?. The molecular weight excluding hydrogens is 732 g/mol. The zero-order valence-corrected chi connectivity index (χ0v) is 30.3. The molecule has 3 saturated heterocycles. The van der Waals surface area contributed by atoms with Crippen LogP contribution >= 0.6 is 0 Å². The van der Waals surface area contributed by atoms with E-state index in [0.717, 1.165) is 11.8 Å². The lowest BCUT2D eigenvalue weighted by atomic mass is 10.0. The molecule has 4 aliphatic heterocycles. The van der Waals surface area contributed by atoms with Crippen LogP contribution in [0.25, 0.3) is 5.57 Å². The van der Waals surface area contributed by atoms with Crippen molar-refractivity contribution in [3.8, 4) is 11.8 Å². The van der Waals surface area contributed by atoms with Crippen molar-refractivity contribution in [2.75, 3.05) is 45.2 Å². The number of hydrogen-bond acceptors (Lipinski definition) is 11. The summed E-state index contributed by atoms with van der Waals surface area (Å²) < 4.78 is 76.6. The van der Waals surface area contributed by atoms with Gasteiger partial charge in [0.25, 0.3) is 16.1 Å². The second-order valence-electron chi connectivity index (χ2n) is 13.3. The van der Waals surface area contributed by atoms with Gasteiger partial charge >= 0.3 is 6.18 Å². The van der Waals surface area contributed by atoms with Crippen molar-refractivity contribution in [2.45, 2.75) is 69.4 Å². The van der Waals surface area contributed by atoms with Crippen LogP contribution in [0, 0.1) is 11.8 Å². The average Bonchev–Trinajstić information content (AvgIpc) is 3.47. The maximum atomic E-state index is 13.6. The molecule has 1 unspecified atom stereocenters. The fourth-order valence-corrected chi connectivity index (χ4v) is 8.63. The highest BCUT2D eigenvalue weighted by atomic mass is 32.2. The summed E-state index contributed by atoms with van der Waals surface area (Å²) in [5.41, 5.74) is 6.02. The van der Waals surface area contributed by atoms with Gasteiger partial charge < -0.3 is 20.7 Å². The van der Waals surface area contributed by atoms with Gasteiger partial charge in [-0.1, -0.05) is 11.8 Å². The third-order valence-corrected chi connectivity index (χ3v) is 11.8. The summed E-state index contributed by atoms with van der Waals surface area (Å²) in [5.74, 6) is 4.94. The Morgan fingerprint density at radius 3 is 2.46 bits per heavy atom. The highest BCUT2D eigenvalue weighted by molar-refractivity contribution is 7.86. The first-order chi connectivity index (χ1) is 25.8. The minimum Gasteiger partial charge on any atom is -0.404 e. The second kappa shape index (κ2) is 16.2. The van der Waals surface area contributed by atoms with Crippen LogP contribution in [0.5, 0.6) is 0 Å². The van der Waals surface area contributed by atoms with Crippen LogP contribution in [0.15, 0.2) is 35.6 Å². The van der Waals surface area contributed by atoms with Gasteiger partial charge in [-0.2, -0.15) is 30.2 Å². The van der Waals surface area contributed by atoms with Gasteiger partial charge in [0.15, 0.2) is 0 Å². The summed E-state index contributed by atoms with van der Waals surface area (Å²) in [6.45, 7) is 1.37. The Morgan fingerprint density at radius 1 is 1.11 bits per heavy atom. The number of carbonyl (C=O) groups is 3. The van der Waals surface area contributed by atoms with E-state index in [4.69, 9.17) is 10.5 Å². The topological polar surface area (TPSA) is 193 Å². The number of aliphatic imine (C=N–C) groups is 1. The summed E-state index contributed by atoms with van der Waals surface area (Å²) in [4.78, 5) is 49.9. The highest BCUT2D eigenvalue weighted by Crippen LogP contribution is 2.34. The van der Waals surface area contributed by atoms with Crippen molar-refractivity contribution in [1.29, 1.82) is 0 Å². The predicted octanol–water partition coefficient (Wildman–Crippen LogP) is 1.91. The van der Waals surface area contributed by atoms with Crippen LogP contribution in [0.4, 0.5) is 19.1 Å². The molecular formula is C35H40F3N9O6S. The Labute approximate surface area is 310 Å². The Bertz CT molecular complexity index is 2020. The number of alkyl halides is 3. The lowest BCUT2D eigenvalue weighted by molar-refractivity contribution is -0.138. The zero-order chi connectivity index (χ0) is 38.6. The minimum atomic E-state index is -4.71. The number of amides is 3. The van der Waals surface area contributed by atoms with Crippen LogP contribution in [-0.4, -0.2) is 114 Å². The van der Waals surface area contributed by atoms with Crippen molar-refractivity contribution < 1.29 is 40.7 Å². The van der Waals surface area contributed by atoms with Gasteiger partial charge in [-0.05, 0) is 55.9 Å². The molecule has 19 heteroatoms. The molecule has 15 nitrogen and oxygen atoms in total. The fraction of sp³-hybridized carbons (Fsp3) is 0.486. The number of allylic oxidation sites excluding steroid dienone is 1. The molecule has 3 amide bonds. The molecule has 4 aliphatic rings. The van der Waals surface area contributed by atoms with Gasteiger partial charge in [0.1, 0.15) is 18.2 Å². The van der Waals surface area contributed by atoms with E-state index in [1.54, 1.807) is 12.1 Å². The van der Waals surface area contributed by atoms with E-state index in [1.165, 1.54) is 26.8 Å². The summed E-state index contributed by atoms with van der Waals surface area (Å²) in [7, 11) is -2.34. The number of nitrogens with two attached hydrogens (primary N) is 1. The lowest BCUT2D eigenvalue weighted by Gasteiger charge is -2.37. The van der Waals surface area contributed by atoms with Crippen molar-refractivity contribution in [3.63, 3.8) is 0 Å². The molecule has 1 aromatic heterocycles. The molecule has 0 aliphatic carbocycles. The van der Waals surface area contributed by atoms with Crippen LogP contribution in [0.1, 0.15) is 71.3 Å². The van der Waals surface area contributed by atoms with Gasteiger partial charge in [-0.3, -0.25) is 24.7 Å². The Kier molecular flexibility index (Phi) is 11.7. The van der Waals surface area contributed by atoms with Crippen LogP contribution in [-0.2, 0) is 37.3 Å². The summed E-state index contributed by atoms with van der Waals surface area (Å²) in [6.07, 6.45) is 0.221. The lowest BCUT2D eigenvalue weighted by Crippen LogP contribution is -2.52. The number of fused-ring (bicyclic) bond motifs is 1. The highest BCUT2D eigenvalue weighted by Gasteiger charge is 2.40. The van der Waals surface area contributed by atoms with Crippen LogP contribution in [0.3, 0.4) is 0 Å². The molecule has 54 heavy (non-hydrogen) atoms. The predicted molar refractivity (Wildman–Crippen MR) is 191 cm³/mol. The number of carbonyl (C=O) groups excluding carboxylic acids is 3. The van der Waals surface area contributed by atoms with Gasteiger partial charge in [-0.25, -0.2) is 9.97 Å². The van der Waals surface area contributed by atoms with Crippen molar-refractivity contribution >= 4 is 45.7 Å². The van der Waals surface area contributed by atoms with E-state index in [0.29, 0.717) is 43.0 Å². The third kappa shape index (κ3) is 8.57.